The molecule has 1 amide bonds. The summed E-state index contributed by atoms with van der Waals surface area (Å²) in [5, 5.41) is 6.11. The number of anilines is 2. The predicted octanol–water partition coefficient (Wildman–Crippen LogP) is 2.49. The van der Waals surface area contributed by atoms with E-state index in [9.17, 15) is 9.59 Å². The van der Waals surface area contributed by atoms with Crippen molar-refractivity contribution in [1.82, 2.24) is 19.9 Å². The first-order valence-electron chi connectivity index (χ1n) is 11.6. The van der Waals surface area contributed by atoms with Gasteiger partial charge in [0.2, 0.25) is 5.91 Å². The van der Waals surface area contributed by atoms with Gasteiger partial charge in [-0.15, -0.1) is 0 Å². The molecule has 0 bridgehead atoms. The van der Waals surface area contributed by atoms with Gasteiger partial charge < -0.3 is 21.1 Å². The van der Waals surface area contributed by atoms with E-state index in [-0.39, 0.29) is 11.5 Å². The number of hydrogen-bond donors (Lipinski definition) is 3. The van der Waals surface area contributed by atoms with Crippen molar-refractivity contribution in [2.75, 3.05) is 11.1 Å². The highest BCUT2D eigenvalue weighted by atomic mass is 16.5. The minimum atomic E-state index is -0.589. The zero-order valence-electron chi connectivity index (χ0n) is 19.1. The lowest BCUT2D eigenvalue weighted by Gasteiger charge is -2.16. The Bertz CT molecular complexity index is 1280. The van der Waals surface area contributed by atoms with Crippen molar-refractivity contribution in [2.45, 2.75) is 57.8 Å². The normalized spacial score (nSPS) is 16.7. The third-order valence-electron chi connectivity index (χ3n) is 6.20. The first kappa shape index (κ1) is 21.9. The molecule has 0 saturated heterocycles. The van der Waals surface area contributed by atoms with E-state index in [0.29, 0.717) is 49.4 Å². The van der Waals surface area contributed by atoms with Gasteiger partial charge in [-0.2, -0.15) is 0 Å². The van der Waals surface area contributed by atoms with Crippen molar-refractivity contribution in [3.8, 4) is 5.75 Å². The fourth-order valence-corrected chi connectivity index (χ4v) is 4.18. The van der Waals surface area contributed by atoms with Gasteiger partial charge in [-0.1, -0.05) is 18.2 Å². The summed E-state index contributed by atoms with van der Waals surface area (Å²) in [5.41, 5.74) is 8.49. The van der Waals surface area contributed by atoms with Gasteiger partial charge in [-0.3, -0.25) is 14.2 Å². The SMILES string of the molecule is Cc1nc(N)ccc1CNC(=O)[C@@H]1CCc2ncc(NCc3cccc(OC4CC4)c3)c(=O)n21. The molecule has 1 aliphatic carbocycles. The second kappa shape index (κ2) is 9.17. The number of ether oxygens (including phenoxy) is 1. The van der Waals surface area contributed by atoms with Crippen molar-refractivity contribution < 1.29 is 9.53 Å². The van der Waals surface area contributed by atoms with Crippen LogP contribution in [0.4, 0.5) is 11.5 Å². The molecule has 1 saturated carbocycles. The number of benzene rings is 1. The maximum Gasteiger partial charge on any atom is 0.277 e. The topological polar surface area (TPSA) is 124 Å². The number of aryl methyl sites for hydroxylation is 2. The Morgan fingerprint density at radius 1 is 1.21 bits per heavy atom. The fraction of sp³-hybridized carbons (Fsp3) is 0.360. The second-order valence-corrected chi connectivity index (χ2v) is 8.83. The second-order valence-electron chi connectivity index (χ2n) is 8.83. The van der Waals surface area contributed by atoms with E-state index < -0.39 is 6.04 Å². The number of carbonyl (C=O) groups excluding carboxylic acids is 1. The molecule has 0 unspecified atom stereocenters. The molecule has 4 N–H and O–H groups in total. The molecule has 1 aliphatic heterocycles. The third-order valence-corrected chi connectivity index (χ3v) is 6.20. The highest BCUT2D eigenvalue weighted by Crippen LogP contribution is 2.27. The zero-order chi connectivity index (χ0) is 23.7. The summed E-state index contributed by atoms with van der Waals surface area (Å²) >= 11 is 0. The van der Waals surface area contributed by atoms with Gasteiger partial charge in [0.15, 0.2) is 0 Å². The average molecular weight is 461 g/mol. The Labute approximate surface area is 197 Å². The molecular formula is C25H28N6O3. The quantitative estimate of drug-likeness (QED) is 0.472. The number of nitrogens with one attached hydrogen (secondary N) is 2. The maximum absolute atomic E-state index is 13.2. The number of pyridine rings is 1. The lowest BCUT2D eigenvalue weighted by atomic mass is 10.1. The van der Waals surface area contributed by atoms with Crippen LogP contribution in [0, 0.1) is 6.92 Å². The molecular weight excluding hydrogens is 432 g/mol. The smallest absolute Gasteiger partial charge is 0.277 e. The predicted molar refractivity (Wildman–Crippen MR) is 129 cm³/mol. The van der Waals surface area contributed by atoms with Crippen LogP contribution in [0.1, 0.15) is 47.9 Å². The largest absolute Gasteiger partial charge is 0.490 e. The standard InChI is InChI=1S/C25H28N6O3/c1-15-17(5-9-22(26)30-15)13-29-24(32)21-8-10-23-28-14-20(25(33)31(21)23)27-12-16-3-2-4-19(11-16)34-18-6-7-18/h2-5,9,11,14,18,21,27H,6-8,10,12-13H2,1H3,(H2,26,30)(H,29,32)/t21-/m0/s1. The van der Waals surface area contributed by atoms with Crippen molar-refractivity contribution >= 4 is 17.4 Å². The monoisotopic (exact) mass is 460 g/mol. The minimum Gasteiger partial charge on any atom is -0.490 e. The van der Waals surface area contributed by atoms with Crippen LogP contribution in [0.2, 0.25) is 0 Å². The van der Waals surface area contributed by atoms with Crippen LogP contribution in [0.25, 0.3) is 0 Å². The van der Waals surface area contributed by atoms with E-state index in [1.54, 1.807) is 12.3 Å². The first-order valence-corrected chi connectivity index (χ1v) is 11.6. The van der Waals surface area contributed by atoms with E-state index >= 15 is 0 Å². The number of aromatic nitrogens is 3. The van der Waals surface area contributed by atoms with Crippen LogP contribution >= 0.6 is 0 Å². The van der Waals surface area contributed by atoms with Gasteiger partial charge in [0.05, 0.1) is 12.3 Å². The van der Waals surface area contributed by atoms with Crippen LogP contribution in [0.15, 0.2) is 47.4 Å². The molecule has 2 aromatic heterocycles. The minimum absolute atomic E-state index is 0.207. The summed E-state index contributed by atoms with van der Waals surface area (Å²) in [5.74, 6) is 1.70. The highest BCUT2D eigenvalue weighted by molar-refractivity contribution is 5.81. The molecule has 5 rings (SSSR count). The van der Waals surface area contributed by atoms with E-state index in [1.165, 1.54) is 4.57 Å². The van der Waals surface area contributed by atoms with Gasteiger partial charge >= 0.3 is 0 Å². The molecule has 3 heterocycles. The Morgan fingerprint density at radius 2 is 2.06 bits per heavy atom. The summed E-state index contributed by atoms with van der Waals surface area (Å²) in [4.78, 5) is 34.8. The van der Waals surface area contributed by atoms with Gasteiger partial charge in [0.1, 0.15) is 29.1 Å². The average Bonchev–Trinajstić information content (AvgIpc) is 3.52. The number of hydrogen-bond acceptors (Lipinski definition) is 7. The van der Waals surface area contributed by atoms with E-state index in [4.69, 9.17) is 10.5 Å². The van der Waals surface area contributed by atoms with Crippen LogP contribution in [0.5, 0.6) is 5.75 Å². The molecule has 2 aliphatic rings. The van der Waals surface area contributed by atoms with Crippen molar-refractivity contribution in [3.63, 3.8) is 0 Å². The lowest BCUT2D eigenvalue weighted by Crippen LogP contribution is -2.36. The van der Waals surface area contributed by atoms with Crippen LogP contribution in [0.3, 0.4) is 0 Å². The molecule has 1 fully saturated rings. The van der Waals surface area contributed by atoms with Crippen LogP contribution < -0.4 is 26.7 Å². The molecule has 9 nitrogen and oxygen atoms in total. The van der Waals surface area contributed by atoms with Crippen LogP contribution in [-0.4, -0.2) is 26.5 Å². The molecule has 9 heteroatoms. The first-order chi connectivity index (χ1) is 16.5. The van der Waals surface area contributed by atoms with E-state index in [1.807, 2.05) is 37.3 Å². The number of rotatable bonds is 8. The Hall–Kier alpha value is -3.88. The summed E-state index contributed by atoms with van der Waals surface area (Å²) in [6.07, 6.45) is 5.21. The van der Waals surface area contributed by atoms with Gasteiger partial charge in [0.25, 0.3) is 5.56 Å². The molecule has 1 atom stereocenters. The molecule has 176 valence electrons. The summed E-state index contributed by atoms with van der Waals surface area (Å²) in [6.45, 7) is 2.63. The highest BCUT2D eigenvalue weighted by Gasteiger charge is 2.31. The number of carbonyl (C=O) groups is 1. The van der Waals surface area contributed by atoms with Gasteiger partial charge in [0, 0.05) is 25.2 Å². The molecule has 0 spiro atoms. The van der Waals surface area contributed by atoms with Crippen molar-refractivity contribution in [1.29, 1.82) is 0 Å². The summed E-state index contributed by atoms with van der Waals surface area (Å²) < 4.78 is 7.36. The zero-order valence-corrected chi connectivity index (χ0v) is 19.1. The van der Waals surface area contributed by atoms with Crippen molar-refractivity contribution in [3.05, 3.63) is 75.6 Å². The van der Waals surface area contributed by atoms with E-state index in [2.05, 4.69) is 20.6 Å². The molecule has 34 heavy (non-hydrogen) atoms. The number of nitrogens with zero attached hydrogens (tertiary/aromatic N) is 3. The third kappa shape index (κ3) is 4.73. The summed E-state index contributed by atoms with van der Waals surface area (Å²) in [6, 6.07) is 10.8. The Kier molecular flexibility index (Phi) is 5.91. The number of nitrogen functional groups attached to an aromatic ring is 1. The van der Waals surface area contributed by atoms with E-state index in [0.717, 1.165) is 35.4 Å². The Morgan fingerprint density at radius 3 is 2.85 bits per heavy atom. The fourth-order valence-electron chi connectivity index (χ4n) is 4.18. The maximum atomic E-state index is 13.2. The van der Waals surface area contributed by atoms with Gasteiger partial charge in [-0.05, 0) is 55.5 Å². The van der Waals surface area contributed by atoms with Crippen LogP contribution in [-0.2, 0) is 24.3 Å². The number of amides is 1. The molecule has 0 radical (unpaired) electrons. The number of nitrogens with two attached hydrogens (primary N) is 1. The summed E-state index contributed by atoms with van der Waals surface area (Å²) in [7, 11) is 0. The Balaban J connectivity index is 1.27. The lowest BCUT2D eigenvalue weighted by molar-refractivity contribution is -0.124. The molecule has 3 aromatic rings. The molecule has 1 aromatic carbocycles. The van der Waals surface area contributed by atoms with Crippen molar-refractivity contribution in [2.24, 2.45) is 0 Å². The van der Waals surface area contributed by atoms with Gasteiger partial charge in [-0.25, -0.2) is 9.97 Å². The number of fused-ring (bicyclic) bond motifs is 1.